The summed E-state index contributed by atoms with van der Waals surface area (Å²) in [6.07, 6.45) is 5.69. The molecule has 5 nitrogen and oxygen atoms in total. The van der Waals surface area contributed by atoms with Gasteiger partial charge in [-0.25, -0.2) is 9.78 Å². The van der Waals surface area contributed by atoms with E-state index in [0.29, 0.717) is 12.4 Å². The van der Waals surface area contributed by atoms with Crippen LogP contribution in [-0.2, 0) is 19.4 Å². The number of nitrogens with zero attached hydrogens (tertiary/aromatic N) is 2. The molecule has 5 heteroatoms. The molecule has 3 rings (SSSR count). The molecule has 0 amide bonds. The second-order valence-corrected chi connectivity index (χ2v) is 5.41. The van der Waals surface area contributed by atoms with Gasteiger partial charge in [-0.3, -0.25) is 0 Å². The molecule has 1 N–H and O–H groups in total. The minimum Gasteiger partial charge on any atom is -0.478 e. The van der Waals surface area contributed by atoms with Crippen LogP contribution in [0.1, 0.15) is 40.2 Å². The van der Waals surface area contributed by atoms with Crippen LogP contribution in [-0.4, -0.2) is 23.1 Å². The van der Waals surface area contributed by atoms with E-state index in [1.54, 1.807) is 12.3 Å². The fourth-order valence-corrected chi connectivity index (χ4v) is 2.78. The van der Waals surface area contributed by atoms with Crippen LogP contribution < -0.4 is 4.90 Å². The zero-order valence-electron chi connectivity index (χ0n) is 12.0. The maximum absolute atomic E-state index is 11.5. The van der Waals surface area contributed by atoms with Gasteiger partial charge in [0, 0.05) is 12.7 Å². The first-order valence-electron chi connectivity index (χ1n) is 7.15. The zero-order valence-corrected chi connectivity index (χ0v) is 12.0. The lowest BCUT2D eigenvalue weighted by molar-refractivity contribution is 0.0697. The number of rotatable bonds is 4. The summed E-state index contributed by atoms with van der Waals surface area (Å²) < 4.78 is 5.32. The molecule has 21 heavy (non-hydrogen) atoms. The lowest BCUT2D eigenvalue weighted by atomic mass is 9.94. The number of hydrogen-bond acceptors (Lipinski definition) is 4. The van der Waals surface area contributed by atoms with Crippen LogP contribution in [0.15, 0.2) is 28.9 Å². The third-order valence-electron chi connectivity index (χ3n) is 3.85. The van der Waals surface area contributed by atoms with Gasteiger partial charge in [-0.1, -0.05) is 0 Å². The fraction of sp³-hybridized carbons (Fsp3) is 0.375. The van der Waals surface area contributed by atoms with Gasteiger partial charge < -0.3 is 14.4 Å². The second-order valence-electron chi connectivity index (χ2n) is 5.41. The molecule has 0 fully saturated rings. The summed E-state index contributed by atoms with van der Waals surface area (Å²) in [6, 6.07) is 5.48. The van der Waals surface area contributed by atoms with E-state index in [4.69, 9.17) is 4.42 Å². The smallest absolute Gasteiger partial charge is 0.339 e. The van der Waals surface area contributed by atoms with Crippen molar-refractivity contribution < 1.29 is 14.3 Å². The summed E-state index contributed by atoms with van der Waals surface area (Å²) in [7, 11) is 1.84. The molecule has 2 aromatic heterocycles. The summed E-state index contributed by atoms with van der Waals surface area (Å²) in [5.74, 6) is 0.366. The van der Waals surface area contributed by atoms with Crippen molar-refractivity contribution in [3.05, 3.63) is 47.0 Å². The molecule has 0 bridgehead atoms. The van der Waals surface area contributed by atoms with Crippen LogP contribution in [0, 0.1) is 0 Å². The molecule has 0 saturated heterocycles. The highest BCUT2D eigenvalue weighted by Crippen LogP contribution is 2.27. The predicted octanol–water partition coefficient (Wildman–Crippen LogP) is 2.89. The molecule has 0 saturated carbocycles. The van der Waals surface area contributed by atoms with E-state index >= 15 is 0 Å². The van der Waals surface area contributed by atoms with Crippen LogP contribution in [0.3, 0.4) is 0 Å². The standard InChI is InChI=1S/C16H18N2O3/c1-18(10-12-6-4-8-21-12)15-13(16(19)20)9-11-5-2-3-7-14(11)17-15/h4,6,8-9H,2-3,5,7,10H2,1H3,(H,19,20). The molecular weight excluding hydrogens is 268 g/mol. The maximum Gasteiger partial charge on any atom is 0.339 e. The van der Waals surface area contributed by atoms with E-state index < -0.39 is 5.97 Å². The number of aryl methyl sites for hydroxylation is 2. The van der Waals surface area contributed by atoms with Crippen LogP contribution >= 0.6 is 0 Å². The van der Waals surface area contributed by atoms with Gasteiger partial charge in [-0.15, -0.1) is 0 Å². The van der Waals surface area contributed by atoms with Crippen LogP contribution in [0.25, 0.3) is 0 Å². The number of carbonyl (C=O) groups is 1. The van der Waals surface area contributed by atoms with Gasteiger partial charge in [-0.2, -0.15) is 0 Å². The molecule has 0 radical (unpaired) electrons. The third-order valence-corrected chi connectivity index (χ3v) is 3.85. The molecule has 0 atom stereocenters. The summed E-state index contributed by atoms with van der Waals surface area (Å²) in [6.45, 7) is 0.499. The van der Waals surface area contributed by atoms with Crippen LogP contribution in [0.2, 0.25) is 0 Å². The molecule has 1 aliphatic carbocycles. The van der Waals surface area contributed by atoms with Crippen molar-refractivity contribution in [2.75, 3.05) is 11.9 Å². The number of hydrogen-bond donors (Lipinski definition) is 1. The molecule has 0 aliphatic heterocycles. The molecule has 110 valence electrons. The molecule has 2 heterocycles. The van der Waals surface area contributed by atoms with E-state index in [-0.39, 0.29) is 5.56 Å². The van der Waals surface area contributed by atoms with Crippen LogP contribution in [0.4, 0.5) is 5.82 Å². The fourth-order valence-electron chi connectivity index (χ4n) is 2.78. The van der Waals surface area contributed by atoms with E-state index in [1.165, 1.54) is 0 Å². The molecule has 0 spiro atoms. The largest absolute Gasteiger partial charge is 0.478 e. The lowest BCUT2D eigenvalue weighted by Crippen LogP contribution is -2.22. The van der Waals surface area contributed by atoms with E-state index in [0.717, 1.165) is 42.7 Å². The van der Waals surface area contributed by atoms with Crippen molar-refractivity contribution in [3.8, 4) is 0 Å². The summed E-state index contributed by atoms with van der Waals surface area (Å²) in [5.41, 5.74) is 2.38. The van der Waals surface area contributed by atoms with Gasteiger partial charge in [-0.05, 0) is 49.4 Å². The van der Waals surface area contributed by atoms with Gasteiger partial charge in [0.15, 0.2) is 0 Å². The maximum atomic E-state index is 11.5. The molecular formula is C16H18N2O3. The van der Waals surface area contributed by atoms with E-state index in [9.17, 15) is 9.90 Å². The van der Waals surface area contributed by atoms with E-state index in [2.05, 4.69) is 4.98 Å². The molecule has 1 aliphatic rings. The summed E-state index contributed by atoms with van der Waals surface area (Å²) in [4.78, 5) is 18.0. The number of aromatic carboxylic acids is 1. The number of fused-ring (bicyclic) bond motifs is 1. The normalized spacial score (nSPS) is 13.8. The Labute approximate surface area is 123 Å². The highest BCUT2D eigenvalue weighted by Gasteiger charge is 2.21. The van der Waals surface area contributed by atoms with Crippen molar-refractivity contribution in [2.24, 2.45) is 0 Å². The number of furan rings is 1. The van der Waals surface area contributed by atoms with Crippen molar-refractivity contribution in [2.45, 2.75) is 32.2 Å². The number of anilines is 1. The molecule has 2 aromatic rings. The van der Waals surface area contributed by atoms with Gasteiger partial charge in [0.05, 0.1) is 12.8 Å². The average molecular weight is 286 g/mol. The van der Waals surface area contributed by atoms with Gasteiger partial charge >= 0.3 is 5.97 Å². The quantitative estimate of drug-likeness (QED) is 0.936. The van der Waals surface area contributed by atoms with Crippen LogP contribution in [0.5, 0.6) is 0 Å². The summed E-state index contributed by atoms with van der Waals surface area (Å²) >= 11 is 0. The number of carboxylic acid groups (broad SMARTS) is 1. The summed E-state index contributed by atoms with van der Waals surface area (Å²) in [5, 5.41) is 9.45. The lowest BCUT2D eigenvalue weighted by Gasteiger charge is -2.23. The minimum absolute atomic E-state index is 0.268. The van der Waals surface area contributed by atoms with Gasteiger partial charge in [0.25, 0.3) is 0 Å². The first kappa shape index (κ1) is 13.7. The Hall–Kier alpha value is -2.30. The number of carboxylic acids is 1. The zero-order chi connectivity index (χ0) is 14.8. The first-order chi connectivity index (χ1) is 10.1. The Morgan fingerprint density at radius 2 is 2.24 bits per heavy atom. The van der Waals surface area contributed by atoms with Crippen molar-refractivity contribution in [1.82, 2.24) is 4.98 Å². The first-order valence-corrected chi connectivity index (χ1v) is 7.15. The Balaban J connectivity index is 1.97. The Bertz CT molecular complexity index is 650. The topological polar surface area (TPSA) is 66.6 Å². The minimum atomic E-state index is -0.933. The Morgan fingerprint density at radius 3 is 2.95 bits per heavy atom. The average Bonchev–Trinajstić information content (AvgIpc) is 2.98. The van der Waals surface area contributed by atoms with Crippen molar-refractivity contribution in [3.63, 3.8) is 0 Å². The Kier molecular flexibility index (Phi) is 3.64. The third kappa shape index (κ3) is 2.77. The van der Waals surface area contributed by atoms with Crippen molar-refractivity contribution >= 4 is 11.8 Å². The van der Waals surface area contributed by atoms with Gasteiger partial charge in [0.2, 0.25) is 0 Å². The van der Waals surface area contributed by atoms with Gasteiger partial charge in [0.1, 0.15) is 17.1 Å². The monoisotopic (exact) mass is 286 g/mol. The number of aromatic nitrogens is 1. The Morgan fingerprint density at radius 1 is 1.43 bits per heavy atom. The van der Waals surface area contributed by atoms with Crippen molar-refractivity contribution in [1.29, 1.82) is 0 Å². The SMILES string of the molecule is CN(Cc1ccco1)c1nc2c(cc1C(=O)O)CCCC2. The second kappa shape index (κ2) is 5.60. The number of pyridine rings is 1. The molecule has 0 unspecified atom stereocenters. The highest BCUT2D eigenvalue weighted by molar-refractivity contribution is 5.93. The van der Waals surface area contributed by atoms with E-state index in [1.807, 2.05) is 24.1 Å². The molecule has 0 aromatic carbocycles. The predicted molar refractivity (Wildman–Crippen MR) is 78.7 cm³/mol. The highest BCUT2D eigenvalue weighted by atomic mass is 16.4.